The molecule has 1 fully saturated rings. The van der Waals surface area contributed by atoms with E-state index in [0.29, 0.717) is 24.4 Å². The maximum absolute atomic E-state index is 12.2. The van der Waals surface area contributed by atoms with Gasteiger partial charge in [-0.05, 0) is 30.5 Å². The molecule has 1 heterocycles. The standard InChI is InChI=1S/C14H20N2O3S/c15-11-12-4-6-13(7-5-12)20(18,19)10-9-16-8-2-1-3-14(16)17/h4-7H,1-3,8-11,15H2. The number of hydrogen-bond acceptors (Lipinski definition) is 4. The maximum Gasteiger partial charge on any atom is 0.222 e. The Bertz CT molecular complexity index is 567. The molecule has 5 nitrogen and oxygen atoms in total. The highest BCUT2D eigenvalue weighted by molar-refractivity contribution is 7.91. The second-order valence-electron chi connectivity index (χ2n) is 5.00. The van der Waals surface area contributed by atoms with Crippen LogP contribution in [0.5, 0.6) is 0 Å². The third-order valence-corrected chi connectivity index (χ3v) is 5.28. The lowest BCUT2D eigenvalue weighted by Crippen LogP contribution is -2.38. The van der Waals surface area contributed by atoms with Gasteiger partial charge in [-0.2, -0.15) is 0 Å². The zero-order valence-electron chi connectivity index (χ0n) is 11.4. The third kappa shape index (κ3) is 3.58. The first-order valence-corrected chi connectivity index (χ1v) is 8.48. The molecule has 0 aliphatic carbocycles. The van der Waals surface area contributed by atoms with Crippen molar-refractivity contribution in [2.75, 3.05) is 18.8 Å². The number of likely N-dealkylation sites (tertiary alicyclic amines) is 1. The molecule has 20 heavy (non-hydrogen) atoms. The molecule has 1 aromatic carbocycles. The SMILES string of the molecule is NCc1ccc(S(=O)(=O)CCN2CCCCC2=O)cc1. The van der Waals surface area contributed by atoms with Crippen LogP contribution in [0.1, 0.15) is 24.8 Å². The number of carbonyl (C=O) groups excluding carboxylic acids is 1. The van der Waals surface area contributed by atoms with E-state index < -0.39 is 9.84 Å². The summed E-state index contributed by atoms with van der Waals surface area (Å²) in [6.45, 7) is 1.34. The average Bonchev–Trinajstić information content (AvgIpc) is 2.46. The number of nitrogens with two attached hydrogens (primary N) is 1. The molecule has 1 amide bonds. The van der Waals surface area contributed by atoms with Crippen LogP contribution in [0.2, 0.25) is 0 Å². The van der Waals surface area contributed by atoms with Gasteiger partial charge in [0.25, 0.3) is 0 Å². The van der Waals surface area contributed by atoms with Crippen molar-refractivity contribution in [1.82, 2.24) is 4.90 Å². The van der Waals surface area contributed by atoms with Gasteiger partial charge in [0.2, 0.25) is 5.91 Å². The molecule has 2 N–H and O–H groups in total. The van der Waals surface area contributed by atoms with Crippen LogP contribution in [0.3, 0.4) is 0 Å². The van der Waals surface area contributed by atoms with E-state index in [4.69, 9.17) is 5.73 Å². The van der Waals surface area contributed by atoms with Crippen molar-refractivity contribution in [1.29, 1.82) is 0 Å². The first-order valence-electron chi connectivity index (χ1n) is 6.82. The second kappa shape index (κ2) is 6.37. The Morgan fingerprint density at radius 3 is 2.45 bits per heavy atom. The summed E-state index contributed by atoms with van der Waals surface area (Å²) in [5, 5.41) is 0. The molecular formula is C14H20N2O3S. The van der Waals surface area contributed by atoms with Crippen LogP contribution in [0.4, 0.5) is 0 Å². The van der Waals surface area contributed by atoms with Crippen LogP contribution in [0, 0.1) is 0 Å². The van der Waals surface area contributed by atoms with Crippen LogP contribution in [0.25, 0.3) is 0 Å². The number of rotatable bonds is 5. The highest BCUT2D eigenvalue weighted by Crippen LogP contribution is 2.15. The van der Waals surface area contributed by atoms with Crippen LogP contribution < -0.4 is 5.73 Å². The molecule has 0 unspecified atom stereocenters. The van der Waals surface area contributed by atoms with Crippen molar-refractivity contribution in [3.05, 3.63) is 29.8 Å². The van der Waals surface area contributed by atoms with E-state index in [9.17, 15) is 13.2 Å². The topological polar surface area (TPSA) is 80.5 Å². The average molecular weight is 296 g/mol. The summed E-state index contributed by atoms with van der Waals surface area (Å²) in [5.74, 6) is 0.0330. The lowest BCUT2D eigenvalue weighted by Gasteiger charge is -2.26. The zero-order valence-corrected chi connectivity index (χ0v) is 12.2. The van der Waals surface area contributed by atoms with Gasteiger partial charge in [-0.3, -0.25) is 4.79 Å². The molecule has 1 aromatic rings. The van der Waals surface area contributed by atoms with E-state index in [1.54, 1.807) is 29.2 Å². The molecule has 6 heteroatoms. The minimum atomic E-state index is -3.34. The highest BCUT2D eigenvalue weighted by Gasteiger charge is 2.21. The molecule has 0 aromatic heterocycles. The van der Waals surface area contributed by atoms with E-state index in [-0.39, 0.29) is 18.2 Å². The van der Waals surface area contributed by atoms with E-state index in [2.05, 4.69) is 0 Å². The summed E-state index contributed by atoms with van der Waals surface area (Å²) in [6, 6.07) is 6.60. The summed E-state index contributed by atoms with van der Waals surface area (Å²) in [4.78, 5) is 13.6. The Kier molecular flexibility index (Phi) is 4.77. The summed E-state index contributed by atoms with van der Waals surface area (Å²) < 4.78 is 24.4. The zero-order chi connectivity index (χ0) is 14.6. The number of nitrogens with zero attached hydrogens (tertiary/aromatic N) is 1. The number of carbonyl (C=O) groups is 1. The highest BCUT2D eigenvalue weighted by atomic mass is 32.2. The molecule has 0 atom stereocenters. The van der Waals surface area contributed by atoms with Gasteiger partial charge >= 0.3 is 0 Å². The molecule has 1 saturated heterocycles. The van der Waals surface area contributed by atoms with Crippen molar-refractivity contribution >= 4 is 15.7 Å². The van der Waals surface area contributed by atoms with Gasteiger partial charge in [-0.15, -0.1) is 0 Å². The quantitative estimate of drug-likeness (QED) is 0.876. The normalized spacial score (nSPS) is 16.4. The van der Waals surface area contributed by atoms with E-state index in [1.807, 2.05) is 0 Å². The first-order chi connectivity index (χ1) is 9.53. The van der Waals surface area contributed by atoms with Gasteiger partial charge in [-0.25, -0.2) is 8.42 Å². The van der Waals surface area contributed by atoms with Gasteiger partial charge in [0.1, 0.15) is 0 Å². The molecular weight excluding hydrogens is 276 g/mol. The molecule has 0 saturated carbocycles. The van der Waals surface area contributed by atoms with E-state index in [1.165, 1.54) is 0 Å². The van der Waals surface area contributed by atoms with Crippen molar-refractivity contribution in [3.8, 4) is 0 Å². The third-order valence-electron chi connectivity index (χ3n) is 3.57. The Morgan fingerprint density at radius 2 is 1.85 bits per heavy atom. The van der Waals surface area contributed by atoms with Gasteiger partial charge < -0.3 is 10.6 Å². The van der Waals surface area contributed by atoms with Gasteiger partial charge in [0.15, 0.2) is 9.84 Å². The Labute approximate surface area is 119 Å². The van der Waals surface area contributed by atoms with Crippen LogP contribution >= 0.6 is 0 Å². The van der Waals surface area contributed by atoms with Crippen molar-refractivity contribution in [3.63, 3.8) is 0 Å². The maximum atomic E-state index is 12.2. The molecule has 0 spiro atoms. The monoisotopic (exact) mass is 296 g/mol. The smallest absolute Gasteiger partial charge is 0.222 e. The predicted molar refractivity (Wildman–Crippen MR) is 76.8 cm³/mol. The van der Waals surface area contributed by atoms with Crippen LogP contribution in [-0.4, -0.2) is 38.1 Å². The van der Waals surface area contributed by atoms with Crippen LogP contribution in [0.15, 0.2) is 29.2 Å². The van der Waals surface area contributed by atoms with Gasteiger partial charge in [0.05, 0.1) is 10.6 Å². The second-order valence-corrected chi connectivity index (χ2v) is 7.11. The number of piperidine rings is 1. The lowest BCUT2D eigenvalue weighted by molar-refractivity contribution is -0.132. The summed E-state index contributed by atoms with van der Waals surface area (Å²) in [5.41, 5.74) is 6.39. The Balaban J connectivity index is 2.01. The van der Waals surface area contributed by atoms with Crippen LogP contribution in [-0.2, 0) is 21.2 Å². The summed E-state index contributed by atoms with van der Waals surface area (Å²) >= 11 is 0. The Hall–Kier alpha value is -1.40. The van der Waals surface area contributed by atoms with Gasteiger partial charge in [0, 0.05) is 26.1 Å². The summed E-state index contributed by atoms with van der Waals surface area (Å²) in [6.07, 6.45) is 2.39. The fourth-order valence-electron chi connectivity index (χ4n) is 2.28. The van der Waals surface area contributed by atoms with Crippen molar-refractivity contribution < 1.29 is 13.2 Å². The number of hydrogen-bond donors (Lipinski definition) is 1. The van der Waals surface area contributed by atoms with Gasteiger partial charge in [-0.1, -0.05) is 12.1 Å². The number of amides is 1. The van der Waals surface area contributed by atoms with Crippen molar-refractivity contribution in [2.45, 2.75) is 30.7 Å². The lowest BCUT2D eigenvalue weighted by atomic mass is 10.1. The number of benzene rings is 1. The largest absolute Gasteiger partial charge is 0.342 e. The molecule has 1 aliphatic heterocycles. The summed E-state index contributed by atoms with van der Waals surface area (Å²) in [7, 11) is -3.34. The first kappa shape index (κ1) is 15.0. The molecule has 0 radical (unpaired) electrons. The minimum Gasteiger partial charge on any atom is -0.342 e. The molecule has 0 bridgehead atoms. The minimum absolute atomic E-state index is 0.0271. The van der Waals surface area contributed by atoms with E-state index in [0.717, 1.165) is 18.4 Å². The molecule has 1 aliphatic rings. The van der Waals surface area contributed by atoms with Crippen molar-refractivity contribution in [2.24, 2.45) is 5.73 Å². The fraction of sp³-hybridized carbons (Fsp3) is 0.500. The Morgan fingerprint density at radius 1 is 1.15 bits per heavy atom. The molecule has 110 valence electrons. The molecule has 2 rings (SSSR count). The fourth-order valence-corrected chi connectivity index (χ4v) is 3.53. The van der Waals surface area contributed by atoms with E-state index >= 15 is 0 Å². The number of sulfone groups is 1. The predicted octanol–water partition coefficient (Wildman–Crippen LogP) is 0.931.